The molecule has 1 amide bonds. The molecule has 1 aliphatic heterocycles. The van der Waals surface area contributed by atoms with Crippen molar-refractivity contribution < 1.29 is 9.90 Å². The standard InChI is InChI=1S/C20H27ClN4O3/c1-22-9-3-2-4-18(26)24-10-7-20(28,8-11-24)13-25-14-23-17-12-15(21)5-6-16(17)19(25)27/h5-6,12,14,22,28H,2-4,7-11,13H2,1H3. The van der Waals surface area contributed by atoms with Crippen LogP contribution in [0.25, 0.3) is 10.9 Å². The van der Waals surface area contributed by atoms with Gasteiger partial charge in [-0.05, 0) is 57.5 Å². The number of hydrogen-bond donors (Lipinski definition) is 2. The molecule has 1 saturated heterocycles. The van der Waals surface area contributed by atoms with Crippen LogP contribution >= 0.6 is 11.6 Å². The maximum absolute atomic E-state index is 12.7. The predicted molar refractivity (Wildman–Crippen MR) is 110 cm³/mol. The smallest absolute Gasteiger partial charge is 0.261 e. The molecule has 152 valence electrons. The summed E-state index contributed by atoms with van der Waals surface area (Å²) in [5.74, 6) is 0.138. The highest BCUT2D eigenvalue weighted by Crippen LogP contribution is 2.25. The number of amides is 1. The van der Waals surface area contributed by atoms with E-state index in [1.807, 2.05) is 11.9 Å². The zero-order chi connectivity index (χ0) is 20.1. The molecule has 0 bridgehead atoms. The lowest BCUT2D eigenvalue weighted by molar-refractivity contribution is -0.136. The number of benzene rings is 1. The molecule has 8 heteroatoms. The van der Waals surface area contributed by atoms with Crippen LogP contribution in [0.5, 0.6) is 0 Å². The van der Waals surface area contributed by atoms with Crippen molar-refractivity contribution in [3.8, 4) is 0 Å². The Labute approximate surface area is 169 Å². The first-order valence-corrected chi connectivity index (χ1v) is 10.1. The van der Waals surface area contributed by atoms with E-state index in [-0.39, 0.29) is 18.0 Å². The lowest BCUT2D eigenvalue weighted by Gasteiger charge is -2.38. The summed E-state index contributed by atoms with van der Waals surface area (Å²) in [4.78, 5) is 31.1. The van der Waals surface area contributed by atoms with Gasteiger partial charge in [-0.15, -0.1) is 0 Å². The monoisotopic (exact) mass is 406 g/mol. The first-order valence-electron chi connectivity index (χ1n) is 9.71. The van der Waals surface area contributed by atoms with Crippen LogP contribution in [0, 0.1) is 0 Å². The summed E-state index contributed by atoms with van der Waals surface area (Å²) in [7, 11) is 1.90. The number of likely N-dealkylation sites (tertiary alicyclic amines) is 1. The van der Waals surface area contributed by atoms with Crippen LogP contribution in [0.3, 0.4) is 0 Å². The van der Waals surface area contributed by atoms with Crippen molar-refractivity contribution in [2.45, 2.75) is 44.2 Å². The summed E-state index contributed by atoms with van der Waals surface area (Å²) in [5.41, 5.74) is -0.674. The topological polar surface area (TPSA) is 87.5 Å². The molecule has 0 atom stereocenters. The second-order valence-electron chi connectivity index (χ2n) is 7.50. The predicted octanol–water partition coefficient (Wildman–Crippen LogP) is 1.79. The normalized spacial score (nSPS) is 16.5. The van der Waals surface area contributed by atoms with Gasteiger partial charge in [0.1, 0.15) is 0 Å². The number of hydrogen-bond acceptors (Lipinski definition) is 5. The zero-order valence-electron chi connectivity index (χ0n) is 16.2. The molecule has 0 spiro atoms. The number of fused-ring (bicyclic) bond motifs is 1. The van der Waals surface area contributed by atoms with E-state index in [9.17, 15) is 14.7 Å². The number of aromatic nitrogens is 2. The fourth-order valence-corrected chi connectivity index (χ4v) is 3.79. The minimum atomic E-state index is -1.02. The Morgan fingerprint density at radius 1 is 1.32 bits per heavy atom. The van der Waals surface area contributed by atoms with Gasteiger partial charge in [-0.3, -0.25) is 14.2 Å². The van der Waals surface area contributed by atoms with Crippen molar-refractivity contribution in [2.75, 3.05) is 26.7 Å². The Morgan fingerprint density at radius 2 is 2.07 bits per heavy atom. The minimum absolute atomic E-state index is 0.138. The Bertz CT molecular complexity index is 891. The van der Waals surface area contributed by atoms with Gasteiger partial charge in [0.05, 0.1) is 29.4 Å². The Balaban J connectivity index is 1.61. The maximum atomic E-state index is 12.7. The number of carbonyl (C=O) groups is 1. The maximum Gasteiger partial charge on any atom is 0.261 e. The van der Waals surface area contributed by atoms with Gasteiger partial charge in [0.2, 0.25) is 5.91 Å². The lowest BCUT2D eigenvalue weighted by atomic mass is 9.91. The minimum Gasteiger partial charge on any atom is -0.388 e. The van der Waals surface area contributed by atoms with Gasteiger partial charge in [-0.1, -0.05) is 11.6 Å². The van der Waals surface area contributed by atoms with E-state index < -0.39 is 5.60 Å². The van der Waals surface area contributed by atoms with Crippen molar-refractivity contribution in [3.63, 3.8) is 0 Å². The molecule has 0 radical (unpaired) electrons. The van der Waals surface area contributed by atoms with E-state index in [0.717, 1.165) is 19.4 Å². The zero-order valence-corrected chi connectivity index (χ0v) is 16.9. The summed E-state index contributed by atoms with van der Waals surface area (Å²) in [6.07, 6.45) is 4.72. The van der Waals surface area contributed by atoms with Crippen LogP contribution in [-0.2, 0) is 11.3 Å². The first-order chi connectivity index (χ1) is 13.4. The largest absolute Gasteiger partial charge is 0.388 e. The number of unbranched alkanes of at least 4 members (excludes halogenated alkanes) is 1. The van der Waals surface area contributed by atoms with Crippen molar-refractivity contribution in [1.29, 1.82) is 0 Å². The number of carbonyl (C=O) groups excluding carboxylic acids is 1. The van der Waals surface area contributed by atoms with Crippen LogP contribution in [0.4, 0.5) is 0 Å². The molecule has 1 aromatic carbocycles. The van der Waals surface area contributed by atoms with E-state index in [4.69, 9.17) is 11.6 Å². The molecule has 0 unspecified atom stereocenters. The van der Waals surface area contributed by atoms with Crippen molar-refractivity contribution >= 4 is 28.4 Å². The molecule has 0 saturated carbocycles. The van der Waals surface area contributed by atoms with Gasteiger partial charge >= 0.3 is 0 Å². The van der Waals surface area contributed by atoms with Gasteiger partial charge in [0.15, 0.2) is 0 Å². The van der Waals surface area contributed by atoms with Crippen molar-refractivity contribution in [2.24, 2.45) is 0 Å². The molecule has 1 aromatic heterocycles. The highest BCUT2D eigenvalue weighted by molar-refractivity contribution is 6.31. The fourth-order valence-electron chi connectivity index (χ4n) is 3.63. The van der Waals surface area contributed by atoms with E-state index >= 15 is 0 Å². The molecule has 2 aromatic rings. The molecular formula is C20H27ClN4O3. The number of piperidine rings is 1. The van der Waals surface area contributed by atoms with Gasteiger partial charge in [0.25, 0.3) is 5.56 Å². The number of aliphatic hydroxyl groups is 1. The van der Waals surface area contributed by atoms with Crippen LogP contribution in [-0.4, -0.2) is 57.7 Å². The number of rotatable bonds is 7. The van der Waals surface area contributed by atoms with Crippen LogP contribution in [0.15, 0.2) is 29.3 Å². The van der Waals surface area contributed by atoms with Crippen LogP contribution in [0.1, 0.15) is 32.1 Å². The third kappa shape index (κ3) is 4.90. The van der Waals surface area contributed by atoms with E-state index in [1.54, 1.807) is 18.2 Å². The molecule has 0 aliphatic carbocycles. The van der Waals surface area contributed by atoms with Crippen LogP contribution < -0.4 is 10.9 Å². The summed E-state index contributed by atoms with van der Waals surface area (Å²) in [5, 5.41) is 15.0. The molecule has 2 heterocycles. The molecule has 28 heavy (non-hydrogen) atoms. The summed E-state index contributed by atoms with van der Waals surface area (Å²) in [6.45, 7) is 2.09. The molecule has 1 aliphatic rings. The number of nitrogens with zero attached hydrogens (tertiary/aromatic N) is 3. The van der Waals surface area contributed by atoms with Gasteiger partial charge in [-0.2, -0.15) is 0 Å². The number of halogens is 1. The Morgan fingerprint density at radius 3 is 2.79 bits per heavy atom. The van der Waals surface area contributed by atoms with Gasteiger partial charge < -0.3 is 15.3 Å². The highest BCUT2D eigenvalue weighted by Gasteiger charge is 2.34. The average Bonchev–Trinajstić information content (AvgIpc) is 2.68. The first kappa shape index (κ1) is 20.8. The highest BCUT2D eigenvalue weighted by atomic mass is 35.5. The molecular weight excluding hydrogens is 380 g/mol. The third-order valence-electron chi connectivity index (χ3n) is 5.37. The quantitative estimate of drug-likeness (QED) is 0.684. The second kappa shape index (κ2) is 9.03. The fraction of sp³-hybridized carbons (Fsp3) is 0.550. The summed E-state index contributed by atoms with van der Waals surface area (Å²) < 4.78 is 1.45. The summed E-state index contributed by atoms with van der Waals surface area (Å²) >= 11 is 5.95. The number of nitrogens with one attached hydrogen (secondary N) is 1. The SMILES string of the molecule is CNCCCCC(=O)N1CCC(O)(Cn2cnc3cc(Cl)ccc3c2=O)CC1. The Kier molecular flexibility index (Phi) is 6.69. The van der Waals surface area contributed by atoms with E-state index in [1.165, 1.54) is 10.9 Å². The third-order valence-corrected chi connectivity index (χ3v) is 5.60. The van der Waals surface area contributed by atoms with E-state index in [0.29, 0.717) is 48.3 Å². The van der Waals surface area contributed by atoms with Crippen molar-refractivity contribution in [1.82, 2.24) is 19.8 Å². The molecule has 3 rings (SSSR count). The summed E-state index contributed by atoms with van der Waals surface area (Å²) in [6, 6.07) is 4.97. The molecule has 2 N–H and O–H groups in total. The van der Waals surface area contributed by atoms with Crippen LogP contribution in [0.2, 0.25) is 5.02 Å². The lowest BCUT2D eigenvalue weighted by Crippen LogP contribution is -2.49. The van der Waals surface area contributed by atoms with Gasteiger partial charge in [-0.25, -0.2) is 4.98 Å². The Hall–Kier alpha value is -1.96. The van der Waals surface area contributed by atoms with E-state index in [2.05, 4.69) is 10.3 Å². The molecule has 7 nitrogen and oxygen atoms in total. The molecule has 1 fully saturated rings. The second-order valence-corrected chi connectivity index (χ2v) is 7.94. The van der Waals surface area contributed by atoms with Crippen molar-refractivity contribution in [3.05, 3.63) is 39.9 Å². The van der Waals surface area contributed by atoms with Gasteiger partial charge in [0, 0.05) is 24.5 Å². The average molecular weight is 407 g/mol.